The van der Waals surface area contributed by atoms with E-state index in [-0.39, 0.29) is 0 Å². The van der Waals surface area contributed by atoms with Gasteiger partial charge in [0.05, 0.1) is 0 Å². The highest BCUT2D eigenvalue weighted by Crippen LogP contribution is 2.50. The van der Waals surface area contributed by atoms with Crippen molar-refractivity contribution < 1.29 is 29.3 Å². The van der Waals surface area contributed by atoms with Crippen LogP contribution in [0.3, 0.4) is 0 Å². The first-order valence-electron chi connectivity index (χ1n) is 6.13. The lowest BCUT2D eigenvalue weighted by molar-refractivity contribution is -0.217. The molecule has 0 aromatic rings. The molecule has 0 aromatic heterocycles. The van der Waals surface area contributed by atoms with E-state index in [2.05, 4.69) is 0 Å². The summed E-state index contributed by atoms with van der Waals surface area (Å²) in [5.41, 5.74) is -3.73. The number of hydrogen-bond donors (Lipinski definition) is 2. The van der Waals surface area contributed by atoms with E-state index in [1.807, 2.05) is 0 Å². The van der Waals surface area contributed by atoms with Gasteiger partial charge in [0, 0.05) is 12.8 Å². The zero-order valence-corrected chi connectivity index (χ0v) is 10.6. The summed E-state index contributed by atoms with van der Waals surface area (Å²) >= 11 is 0. The summed E-state index contributed by atoms with van der Waals surface area (Å²) < 4.78 is 11.2. The van der Waals surface area contributed by atoms with Gasteiger partial charge in [0.15, 0.2) is 5.79 Å². The number of aliphatic carboxylic acids is 2. The van der Waals surface area contributed by atoms with Gasteiger partial charge in [0.2, 0.25) is 11.2 Å². The van der Waals surface area contributed by atoms with Crippen molar-refractivity contribution in [2.45, 2.75) is 62.9 Å². The van der Waals surface area contributed by atoms with E-state index < -0.39 is 28.9 Å². The van der Waals surface area contributed by atoms with Crippen molar-refractivity contribution in [2.24, 2.45) is 0 Å². The quantitative estimate of drug-likeness (QED) is 0.777. The number of carboxylic acids is 2. The number of ether oxygens (including phenoxy) is 2. The number of carboxylic acid groups (broad SMARTS) is 2. The Labute approximate surface area is 105 Å². The van der Waals surface area contributed by atoms with Gasteiger partial charge in [-0.2, -0.15) is 0 Å². The Morgan fingerprint density at radius 1 is 0.889 bits per heavy atom. The maximum absolute atomic E-state index is 11.4. The molecular formula is C12H18O6. The molecule has 1 saturated heterocycles. The molecule has 1 spiro atoms. The minimum Gasteiger partial charge on any atom is -0.479 e. The van der Waals surface area contributed by atoms with Crippen LogP contribution in [0.4, 0.5) is 0 Å². The molecule has 1 aliphatic heterocycles. The van der Waals surface area contributed by atoms with Gasteiger partial charge in [-0.1, -0.05) is 6.42 Å². The summed E-state index contributed by atoms with van der Waals surface area (Å²) in [5, 5.41) is 18.6. The molecule has 2 fully saturated rings. The summed E-state index contributed by atoms with van der Waals surface area (Å²) in [6.07, 6.45) is 3.82. The lowest BCUT2D eigenvalue weighted by Gasteiger charge is -2.32. The highest BCUT2D eigenvalue weighted by atomic mass is 16.8. The average Bonchev–Trinajstić information content (AvgIpc) is 2.50. The molecule has 2 unspecified atom stereocenters. The Bertz CT molecular complexity index is 356. The van der Waals surface area contributed by atoms with E-state index in [1.165, 1.54) is 13.8 Å². The standard InChI is InChI=1S/C12H18O6/c1-10(8(13)14)11(2,9(15)16)18-12(17-10)6-4-3-5-7-12/h3-7H2,1-2H3,(H,13,14)(H,15,16). The molecule has 0 bridgehead atoms. The van der Waals surface area contributed by atoms with Crippen molar-refractivity contribution in [3.8, 4) is 0 Å². The van der Waals surface area contributed by atoms with Gasteiger partial charge in [-0.25, -0.2) is 9.59 Å². The average molecular weight is 258 g/mol. The normalized spacial score (nSPS) is 38.8. The molecule has 1 heterocycles. The Balaban J connectivity index is 2.40. The number of carbonyl (C=O) groups is 2. The van der Waals surface area contributed by atoms with E-state index in [9.17, 15) is 19.8 Å². The predicted molar refractivity (Wildman–Crippen MR) is 60.1 cm³/mol. The lowest BCUT2D eigenvalue weighted by Crippen LogP contribution is -2.57. The molecule has 1 saturated carbocycles. The van der Waals surface area contributed by atoms with Gasteiger partial charge in [0.25, 0.3) is 0 Å². The van der Waals surface area contributed by atoms with Crippen molar-refractivity contribution in [3.63, 3.8) is 0 Å². The second-order valence-corrected chi connectivity index (χ2v) is 5.35. The Morgan fingerprint density at radius 3 is 1.61 bits per heavy atom. The molecule has 6 nitrogen and oxygen atoms in total. The van der Waals surface area contributed by atoms with Gasteiger partial charge in [-0.15, -0.1) is 0 Å². The van der Waals surface area contributed by atoms with Crippen molar-refractivity contribution in [2.75, 3.05) is 0 Å². The van der Waals surface area contributed by atoms with Gasteiger partial charge < -0.3 is 19.7 Å². The molecule has 2 aliphatic rings. The molecule has 2 rings (SSSR count). The van der Waals surface area contributed by atoms with E-state index >= 15 is 0 Å². The van der Waals surface area contributed by atoms with Gasteiger partial charge >= 0.3 is 11.9 Å². The van der Waals surface area contributed by atoms with Crippen molar-refractivity contribution >= 4 is 11.9 Å². The van der Waals surface area contributed by atoms with E-state index in [0.717, 1.165) is 19.3 Å². The minimum atomic E-state index is -1.86. The number of rotatable bonds is 2. The Hall–Kier alpha value is -1.14. The van der Waals surface area contributed by atoms with Gasteiger partial charge in [-0.3, -0.25) is 0 Å². The van der Waals surface area contributed by atoms with Crippen LogP contribution in [0.25, 0.3) is 0 Å². The van der Waals surface area contributed by atoms with Crippen LogP contribution >= 0.6 is 0 Å². The van der Waals surface area contributed by atoms with Crippen LogP contribution in [0.15, 0.2) is 0 Å². The molecule has 2 atom stereocenters. The summed E-state index contributed by atoms with van der Waals surface area (Å²) in [7, 11) is 0. The predicted octanol–water partition coefficient (Wildman–Crippen LogP) is 1.38. The first-order valence-corrected chi connectivity index (χ1v) is 6.13. The van der Waals surface area contributed by atoms with Crippen molar-refractivity contribution in [1.82, 2.24) is 0 Å². The molecule has 102 valence electrons. The molecule has 0 amide bonds. The van der Waals surface area contributed by atoms with Crippen LogP contribution < -0.4 is 0 Å². The molecule has 0 aromatic carbocycles. The monoisotopic (exact) mass is 258 g/mol. The Kier molecular flexibility index (Phi) is 2.90. The smallest absolute Gasteiger partial charge is 0.339 e. The van der Waals surface area contributed by atoms with Crippen LogP contribution in [-0.4, -0.2) is 39.1 Å². The first kappa shape index (κ1) is 13.3. The number of hydrogen-bond acceptors (Lipinski definition) is 4. The third kappa shape index (κ3) is 1.63. The van der Waals surface area contributed by atoms with Crippen molar-refractivity contribution in [3.05, 3.63) is 0 Å². The fourth-order valence-corrected chi connectivity index (χ4v) is 2.75. The molecular weight excluding hydrogens is 240 g/mol. The maximum atomic E-state index is 11.4. The second kappa shape index (κ2) is 3.93. The van der Waals surface area contributed by atoms with Gasteiger partial charge in [0.1, 0.15) is 0 Å². The topological polar surface area (TPSA) is 93.1 Å². The maximum Gasteiger partial charge on any atom is 0.339 e. The second-order valence-electron chi connectivity index (χ2n) is 5.35. The lowest BCUT2D eigenvalue weighted by atomic mass is 9.86. The SMILES string of the molecule is CC1(C(=O)O)OC2(CCCCC2)OC1(C)C(=O)O. The summed E-state index contributed by atoms with van der Waals surface area (Å²) in [4.78, 5) is 22.8. The van der Waals surface area contributed by atoms with Crippen LogP contribution in [0.1, 0.15) is 46.0 Å². The highest BCUT2D eigenvalue weighted by molar-refractivity contribution is 5.91. The first-order chi connectivity index (χ1) is 8.26. The van der Waals surface area contributed by atoms with E-state index in [4.69, 9.17) is 9.47 Å². The highest BCUT2D eigenvalue weighted by Gasteiger charge is 2.69. The fourth-order valence-electron chi connectivity index (χ4n) is 2.75. The summed E-state index contributed by atoms with van der Waals surface area (Å²) in [6.45, 7) is 2.54. The zero-order chi connectivity index (χ0) is 13.6. The molecule has 1 aliphatic carbocycles. The van der Waals surface area contributed by atoms with Crippen LogP contribution in [-0.2, 0) is 19.1 Å². The molecule has 6 heteroatoms. The largest absolute Gasteiger partial charge is 0.479 e. The molecule has 0 radical (unpaired) electrons. The van der Waals surface area contributed by atoms with Crippen molar-refractivity contribution in [1.29, 1.82) is 0 Å². The van der Waals surface area contributed by atoms with E-state index in [0.29, 0.717) is 12.8 Å². The molecule has 18 heavy (non-hydrogen) atoms. The zero-order valence-electron chi connectivity index (χ0n) is 10.6. The summed E-state index contributed by atoms with van der Waals surface area (Å²) in [5.74, 6) is -3.68. The minimum absolute atomic E-state index is 0.540. The molecule has 2 N–H and O–H groups in total. The third-order valence-electron chi connectivity index (χ3n) is 4.12. The van der Waals surface area contributed by atoms with Crippen LogP contribution in [0.5, 0.6) is 0 Å². The van der Waals surface area contributed by atoms with Gasteiger partial charge in [-0.05, 0) is 26.7 Å². The van der Waals surface area contributed by atoms with E-state index in [1.54, 1.807) is 0 Å². The Morgan fingerprint density at radius 2 is 1.28 bits per heavy atom. The fraction of sp³-hybridized carbons (Fsp3) is 0.833. The van der Waals surface area contributed by atoms with Crippen LogP contribution in [0.2, 0.25) is 0 Å². The summed E-state index contributed by atoms with van der Waals surface area (Å²) in [6, 6.07) is 0. The third-order valence-corrected chi connectivity index (χ3v) is 4.12. The van der Waals surface area contributed by atoms with Crippen LogP contribution in [0, 0.1) is 0 Å².